The summed E-state index contributed by atoms with van der Waals surface area (Å²) in [6.07, 6.45) is 22.2. The molecule has 1 atom stereocenters. The quantitative estimate of drug-likeness (QED) is 0.0927. The number of rotatable bonds is 27. The first-order chi connectivity index (χ1) is 17.6. The summed E-state index contributed by atoms with van der Waals surface area (Å²) in [4.78, 5) is 25.9. The standard InChI is InChI=1S/C30H60N2O4/c1-4-6-7-8-9-10-12-16-21-28(5-2)36-30(34)23-18-15-20-26-32(27-24-31)25-19-14-11-13-17-22-29(33)35-3/h28H,4-27,31H2,1-3H3. The van der Waals surface area contributed by atoms with Gasteiger partial charge in [0.05, 0.1) is 7.11 Å². The number of carbonyl (C=O) groups is 2. The van der Waals surface area contributed by atoms with Gasteiger partial charge in [-0.3, -0.25) is 9.59 Å². The van der Waals surface area contributed by atoms with Crippen LogP contribution in [0.1, 0.15) is 142 Å². The second-order valence-corrected chi connectivity index (χ2v) is 10.3. The van der Waals surface area contributed by atoms with E-state index >= 15 is 0 Å². The molecule has 2 N–H and O–H groups in total. The molecule has 0 aliphatic heterocycles. The summed E-state index contributed by atoms with van der Waals surface area (Å²) < 4.78 is 10.4. The van der Waals surface area contributed by atoms with Crippen molar-refractivity contribution in [3.63, 3.8) is 0 Å². The zero-order valence-electron chi connectivity index (χ0n) is 24.2. The second kappa shape index (κ2) is 26.9. The summed E-state index contributed by atoms with van der Waals surface area (Å²) >= 11 is 0. The molecule has 0 spiro atoms. The van der Waals surface area contributed by atoms with Gasteiger partial charge in [0.1, 0.15) is 6.10 Å². The van der Waals surface area contributed by atoms with E-state index in [1.807, 2.05) is 0 Å². The lowest BCUT2D eigenvalue weighted by Crippen LogP contribution is -2.31. The van der Waals surface area contributed by atoms with Crippen molar-refractivity contribution < 1.29 is 19.1 Å². The van der Waals surface area contributed by atoms with Gasteiger partial charge in [-0.05, 0) is 58.0 Å². The number of nitrogens with zero attached hydrogens (tertiary/aromatic N) is 1. The Morgan fingerprint density at radius 1 is 0.667 bits per heavy atom. The summed E-state index contributed by atoms with van der Waals surface area (Å²) in [5, 5.41) is 0. The molecule has 0 radical (unpaired) electrons. The molecule has 6 heteroatoms. The van der Waals surface area contributed by atoms with Crippen LogP contribution in [0, 0.1) is 0 Å². The molecule has 0 aromatic rings. The van der Waals surface area contributed by atoms with Crippen LogP contribution in [0.25, 0.3) is 0 Å². The summed E-state index contributed by atoms with van der Waals surface area (Å²) in [5.74, 6) is -0.131. The Hall–Kier alpha value is -1.14. The highest BCUT2D eigenvalue weighted by Crippen LogP contribution is 2.15. The smallest absolute Gasteiger partial charge is 0.306 e. The lowest BCUT2D eigenvalue weighted by Gasteiger charge is -2.21. The fourth-order valence-electron chi connectivity index (χ4n) is 4.63. The number of nitrogens with two attached hydrogens (primary N) is 1. The Balaban J connectivity index is 3.78. The summed E-state index contributed by atoms with van der Waals surface area (Å²) in [5.41, 5.74) is 5.80. The van der Waals surface area contributed by atoms with Gasteiger partial charge in [0.25, 0.3) is 0 Å². The third-order valence-electron chi connectivity index (χ3n) is 7.02. The van der Waals surface area contributed by atoms with Crippen molar-refractivity contribution in [3.05, 3.63) is 0 Å². The van der Waals surface area contributed by atoms with E-state index in [-0.39, 0.29) is 18.0 Å². The lowest BCUT2D eigenvalue weighted by atomic mass is 10.0. The Labute approximate surface area is 223 Å². The third-order valence-corrected chi connectivity index (χ3v) is 7.02. The van der Waals surface area contributed by atoms with Crippen molar-refractivity contribution in [3.8, 4) is 0 Å². The number of hydrogen-bond acceptors (Lipinski definition) is 6. The van der Waals surface area contributed by atoms with Crippen LogP contribution in [-0.2, 0) is 19.1 Å². The highest BCUT2D eigenvalue weighted by atomic mass is 16.5. The first-order valence-electron chi connectivity index (χ1n) is 15.3. The molecule has 36 heavy (non-hydrogen) atoms. The highest BCUT2D eigenvalue weighted by Gasteiger charge is 2.12. The number of ether oxygens (including phenoxy) is 2. The molecule has 6 nitrogen and oxygen atoms in total. The fraction of sp³-hybridized carbons (Fsp3) is 0.933. The topological polar surface area (TPSA) is 81.9 Å². The van der Waals surface area contributed by atoms with Gasteiger partial charge in [-0.2, -0.15) is 0 Å². The van der Waals surface area contributed by atoms with E-state index in [2.05, 4.69) is 23.5 Å². The monoisotopic (exact) mass is 512 g/mol. The van der Waals surface area contributed by atoms with Crippen molar-refractivity contribution in [2.24, 2.45) is 5.73 Å². The fourth-order valence-corrected chi connectivity index (χ4v) is 4.63. The van der Waals surface area contributed by atoms with Crippen molar-refractivity contribution in [2.45, 2.75) is 148 Å². The molecule has 0 saturated carbocycles. The molecular weight excluding hydrogens is 452 g/mol. The molecule has 0 saturated heterocycles. The second-order valence-electron chi connectivity index (χ2n) is 10.3. The van der Waals surface area contributed by atoms with Crippen LogP contribution in [0.5, 0.6) is 0 Å². The summed E-state index contributed by atoms with van der Waals surface area (Å²) in [7, 11) is 1.45. The highest BCUT2D eigenvalue weighted by molar-refractivity contribution is 5.69. The van der Waals surface area contributed by atoms with Crippen LogP contribution in [0.4, 0.5) is 0 Å². The van der Waals surface area contributed by atoms with Crippen LogP contribution in [0.2, 0.25) is 0 Å². The molecule has 0 aromatic carbocycles. The van der Waals surface area contributed by atoms with Crippen molar-refractivity contribution in [1.82, 2.24) is 4.90 Å². The van der Waals surface area contributed by atoms with Crippen molar-refractivity contribution in [2.75, 3.05) is 33.3 Å². The SMILES string of the molecule is CCCCCCCCCCC(CC)OC(=O)CCCCCN(CCN)CCCCCCCC(=O)OC. The molecule has 0 rings (SSSR count). The number of methoxy groups -OCH3 is 1. The van der Waals surface area contributed by atoms with Crippen LogP contribution in [0.3, 0.4) is 0 Å². The van der Waals surface area contributed by atoms with Gasteiger partial charge in [0.2, 0.25) is 0 Å². The number of unbranched alkanes of at least 4 members (excludes halogenated alkanes) is 13. The molecular formula is C30H60N2O4. The minimum absolute atomic E-state index is 0.0209. The van der Waals surface area contributed by atoms with Gasteiger partial charge >= 0.3 is 11.9 Å². The van der Waals surface area contributed by atoms with Gasteiger partial charge in [-0.15, -0.1) is 0 Å². The van der Waals surface area contributed by atoms with Gasteiger partial charge < -0.3 is 20.1 Å². The van der Waals surface area contributed by atoms with E-state index in [9.17, 15) is 9.59 Å². The van der Waals surface area contributed by atoms with Crippen LogP contribution < -0.4 is 5.73 Å². The number of carbonyl (C=O) groups excluding carboxylic acids is 2. The Kier molecular flexibility index (Phi) is 26.1. The molecule has 1 unspecified atom stereocenters. The minimum atomic E-state index is -0.110. The van der Waals surface area contributed by atoms with E-state index < -0.39 is 0 Å². The molecule has 0 fully saturated rings. The molecule has 0 heterocycles. The largest absolute Gasteiger partial charge is 0.469 e. The molecule has 0 amide bonds. The predicted molar refractivity (Wildman–Crippen MR) is 151 cm³/mol. The van der Waals surface area contributed by atoms with E-state index in [4.69, 9.17) is 10.5 Å². The van der Waals surface area contributed by atoms with Gasteiger partial charge in [-0.25, -0.2) is 0 Å². The van der Waals surface area contributed by atoms with Gasteiger partial charge in [0, 0.05) is 25.9 Å². The minimum Gasteiger partial charge on any atom is -0.469 e. The Bertz CT molecular complexity index is 501. The average Bonchev–Trinajstić information content (AvgIpc) is 2.88. The summed E-state index contributed by atoms with van der Waals surface area (Å²) in [6, 6.07) is 0. The van der Waals surface area contributed by atoms with Gasteiger partial charge in [-0.1, -0.05) is 84.5 Å². The maximum atomic E-state index is 12.3. The van der Waals surface area contributed by atoms with Crippen molar-refractivity contribution >= 4 is 11.9 Å². The Morgan fingerprint density at radius 3 is 1.72 bits per heavy atom. The normalized spacial score (nSPS) is 12.1. The molecule has 0 aromatic heterocycles. The third kappa shape index (κ3) is 23.3. The number of esters is 2. The zero-order valence-corrected chi connectivity index (χ0v) is 24.2. The van der Waals surface area contributed by atoms with E-state index in [1.165, 1.54) is 71.3 Å². The van der Waals surface area contributed by atoms with E-state index in [0.29, 0.717) is 19.4 Å². The molecule has 0 aliphatic rings. The molecule has 0 bridgehead atoms. The zero-order chi connectivity index (χ0) is 26.7. The van der Waals surface area contributed by atoms with E-state index in [1.54, 1.807) is 0 Å². The first-order valence-corrected chi connectivity index (χ1v) is 15.3. The van der Waals surface area contributed by atoms with E-state index in [0.717, 1.165) is 71.0 Å². The first kappa shape index (κ1) is 34.9. The Morgan fingerprint density at radius 2 is 1.17 bits per heavy atom. The van der Waals surface area contributed by atoms with Crippen LogP contribution >= 0.6 is 0 Å². The maximum Gasteiger partial charge on any atom is 0.306 e. The molecule has 0 aliphatic carbocycles. The number of hydrogen-bond donors (Lipinski definition) is 1. The van der Waals surface area contributed by atoms with Crippen LogP contribution in [0.15, 0.2) is 0 Å². The van der Waals surface area contributed by atoms with Crippen LogP contribution in [-0.4, -0.2) is 56.2 Å². The lowest BCUT2D eigenvalue weighted by molar-refractivity contribution is -0.149. The molecule has 214 valence electrons. The predicted octanol–water partition coefficient (Wildman–Crippen LogP) is 7.17. The maximum absolute atomic E-state index is 12.3. The average molecular weight is 513 g/mol. The van der Waals surface area contributed by atoms with Crippen molar-refractivity contribution in [1.29, 1.82) is 0 Å². The summed E-state index contributed by atoms with van der Waals surface area (Å²) in [6.45, 7) is 8.12. The van der Waals surface area contributed by atoms with Gasteiger partial charge in [0.15, 0.2) is 0 Å².